The van der Waals surface area contributed by atoms with Crippen molar-refractivity contribution in [3.63, 3.8) is 0 Å². The van der Waals surface area contributed by atoms with Crippen LogP contribution in [0.1, 0.15) is 278 Å². The fraction of sp³-hybridized carbons (Fsp3) is 0.761. The molecule has 0 aromatic carbocycles. The summed E-state index contributed by atoms with van der Waals surface area (Å²) in [6.07, 6.45) is 57.2. The molecule has 0 radical (unpaired) electrons. The molecule has 6 unspecified atom stereocenters. The van der Waals surface area contributed by atoms with Gasteiger partial charge in [-0.1, -0.05) is 248 Å². The predicted octanol–water partition coefficient (Wildman–Crippen LogP) is 16.9. The van der Waals surface area contributed by atoms with Crippen LogP contribution in [0.2, 0.25) is 0 Å². The number of allylic oxidation sites excluding steroid dienone is 12. The lowest BCUT2D eigenvalue weighted by molar-refractivity contribution is -0.301. The van der Waals surface area contributed by atoms with Gasteiger partial charge in [0.2, 0.25) is 0 Å². The van der Waals surface area contributed by atoms with E-state index in [1.807, 2.05) is 0 Å². The standard InChI is InChI=1S/C67H114O12/c1-4-7-10-13-16-19-22-25-27-29-30-32-33-36-38-41-44-47-50-53-59(68)75-56-58(77-60(69)54-51-48-45-42-39-35-24-21-18-15-12-9-6-3)57-76-67-65(63(72)62(71)64(79-67)66(73)74)78-61(70)55-52-49-46-43-40-37-34-31-28-26-23-20-17-14-11-8-5-2/h8,11-12,15,17,20-21,24,26,28,34,37,58,62-65,67,71-72H,4-7,9-10,13-14,16,18-19,22-23,25,27,29-33,35-36,38-57H2,1-3H3,(H,73,74)/b11-8-,15-12-,20-17-,24-21-,28-26-,37-34-. The van der Waals surface area contributed by atoms with Gasteiger partial charge in [0.15, 0.2) is 24.6 Å². The molecule has 0 saturated carbocycles. The Balaban J connectivity index is 2.66. The Bertz CT molecular complexity index is 1650. The molecular formula is C67H114O12. The number of ether oxygens (including phenoxy) is 5. The highest BCUT2D eigenvalue weighted by atomic mass is 16.7. The second kappa shape index (κ2) is 54.7. The molecule has 1 heterocycles. The topological polar surface area (TPSA) is 175 Å². The highest BCUT2D eigenvalue weighted by Gasteiger charge is 2.50. The summed E-state index contributed by atoms with van der Waals surface area (Å²) >= 11 is 0. The van der Waals surface area contributed by atoms with E-state index in [2.05, 4.69) is 93.7 Å². The van der Waals surface area contributed by atoms with E-state index in [-0.39, 0.29) is 25.9 Å². The van der Waals surface area contributed by atoms with Gasteiger partial charge in [-0.15, -0.1) is 0 Å². The first-order valence-electron chi connectivity index (χ1n) is 31.9. The van der Waals surface area contributed by atoms with E-state index in [0.29, 0.717) is 19.3 Å². The Hall–Kier alpha value is -3.84. The van der Waals surface area contributed by atoms with Crippen molar-refractivity contribution in [1.29, 1.82) is 0 Å². The molecule has 12 nitrogen and oxygen atoms in total. The molecule has 0 spiro atoms. The maximum atomic E-state index is 13.2. The lowest BCUT2D eigenvalue weighted by atomic mass is 9.98. The van der Waals surface area contributed by atoms with Crippen LogP contribution in [0.25, 0.3) is 0 Å². The van der Waals surface area contributed by atoms with Crippen molar-refractivity contribution in [2.45, 2.75) is 314 Å². The predicted molar refractivity (Wildman–Crippen MR) is 322 cm³/mol. The molecule has 12 heteroatoms. The number of rotatable bonds is 54. The van der Waals surface area contributed by atoms with Gasteiger partial charge in [-0.25, -0.2) is 4.79 Å². The minimum absolute atomic E-state index is 0.0299. The number of carbonyl (C=O) groups is 4. The zero-order valence-corrected chi connectivity index (χ0v) is 50.1. The second-order valence-corrected chi connectivity index (χ2v) is 21.7. The number of hydrogen-bond acceptors (Lipinski definition) is 11. The average molecular weight is 1110 g/mol. The average Bonchev–Trinajstić information content (AvgIpc) is 3.46. The Kier molecular flexibility index (Phi) is 50.7. The van der Waals surface area contributed by atoms with E-state index in [4.69, 9.17) is 23.7 Å². The molecule has 0 aromatic heterocycles. The summed E-state index contributed by atoms with van der Waals surface area (Å²) < 4.78 is 28.5. The van der Waals surface area contributed by atoms with Gasteiger partial charge < -0.3 is 39.0 Å². The molecule has 1 aliphatic heterocycles. The van der Waals surface area contributed by atoms with Gasteiger partial charge in [-0.2, -0.15) is 0 Å². The van der Waals surface area contributed by atoms with Crippen molar-refractivity contribution in [2.24, 2.45) is 0 Å². The van der Waals surface area contributed by atoms with E-state index in [0.717, 1.165) is 122 Å². The third-order valence-electron chi connectivity index (χ3n) is 14.2. The third-order valence-corrected chi connectivity index (χ3v) is 14.2. The van der Waals surface area contributed by atoms with Crippen molar-refractivity contribution in [3.8, 4) is 0 Å². The number of aliphatic hydroxyl groups excluding tert-OH is 2. The highest BCUT2D eigenvalue weighted by Crippen LogP contribution is 2.27. The fourth-order valence-corrected chi connectivity index (χ4v) is 9.40. The molecule has 1 fully saturated rings. The van der Waals surface area contributed by atoms with Crippen molar-refractivity contribution in [1.82, 2.24) is 0 Å². The molecule has 0 amide bonds. The molecule has 1 rings (SSSR count). The maximum Gasteiger partial charge on any atom is 0.335 e. The summed E-state index contributed by atoms with van der Waals surface area (Å²) in [5, 5.41) is 31.5. The van der Waals surface area contributed by atoms with Crippen molar-refractivity contribution < 1.29 is 58.2 Å². The third kappa shape index (κ3) is 44.5. The van der Waals surface area contributed by atoms with Gasteiger partial charge in [0.05, 0.1) is 6.61 Å². The normalized spacial score (nSPS) is 18.3. The molecule has 0 bridgehead atoms. The molecule has 0 aromatic rings. The van der Waals surface area contributed by atoms with Gasteiger partial charge in [-0.3, -0.25) is 14.4 Å². The quantitative estimate of drug-likeness (QED) is 0.0228. The number of unbranched alkanes of at least 4 members (excludes halogenated alkanes) is 28. The molecule has 454 valence electrons. The van der Waals surface area contributed by atoms with Crippen LogP contribution >= 0.6 is 0 Å². The van der Waals surface area contributed by atoms with E-state index >= 15 is 0 Å². The van der Waals surface area contributed by atoms with Gasteiger partial charge in [0.25, 0.3) is 0 Å². The number of hydrogen-bond donors (Lipinski definition) is 3. The fourth-order valence-electron chi connectivity index (χ4n) is 9.40. The van der Waals surface area contributed by atoms with Crippen LogP contribution in [0, 0.1) is 0 Å². The first kappa shape index (κ1) is 73.2. The summed E-state index contributed by atoms with van der Waals surface area (Å²) in [5.74, 6) is -3.16. The molecule has 1 aliphatic rings. The summed E-state index contributed by atoms with van der Waals surface area (Å²) in [5.41, 5.74) is 0. The number of esters is 3. The van der Waals surface area contributed by atoms with E-state index in [1.54, 1.807) is 0 Å². The summed E-state index contributed by atoms with van der Waals surface area (Å²) in [6.45, 7) is 5.82. The first-order valence-corrected chi connectivity index (χ1v) is 31.9. The zero-order chi connectivity index (χ0) is 57.5. The monoisotopic (exact) mass is 1110 g/mol. The smallest absolute Gasteiger partial charge is 0.335 e. The summed E-state index contributed by atoms with van der Waals surface area (Å²) in [7, 11) is 0. The van der Waals surface area contributed by atoms with Gasteiger partial charge in [0.1, 0.15) is 18.8 Å². The van der Waals surface area contributed by atoms with Gasteiger partial charge >= 0.3 is 23.9 Å². The number of aliphatic carboxylic acids is 1. The van der Waals surface area contributed by atoms with Crippen LogP contribution < -0.4 is 0 Å². The SMILES string of the molecule is CC/C=C\C/C=C\C/C=C\C/C=C\CCCCCCC(=O)OC1C(OCC(COC(=O)CCCCCCCCCCCCCCCCCCCCC)OC(=O)CCCCCCC/C=C\C/C=C\CCC)OC(C(=O)O)C(O)C1O. The van der Waals surface area contributed by atoms with Crippen LogP contribution in [0.3, 0.4) is 0 Å². The first-order chi connectivity index (χ1) is 38.6. The summed E-state index contributed by atoms with van der Waals surface area (Å²) in [4.78, 5) is 51.2. The Labute approximate surface area is 480 Å². The molecule has 1 saturated heterocycles. The minimum Gasteiger partial charge on any atom is -0.479 e. The van der Waals surface area contributed by atoms with Crippen LogP contribution in [0.4, 0.5) is 0 Å². The van der Waals surface area contributed by atoms with Crippen molar-refractivity contribution >= 4 is 23.9 Å². The largest absolute Gasteiger partial charge is 0.479 e. The maximum absolute atomic E-state index is 13.2. The minimum atomic E-state index is -1.92. The molecular weight excluding hydrogens is 997 g/mol. The molecule has 6 atom stereocenters. The number of carbonyl (C=O) groups excluding carboxylic acids is 3. The van der Waals surface area contributed by atoms with E-state index < -0.39 is 67.3 Å². The van der Waals surface area contributed by atoms with Crippen molar-refractivity contribution in [2.75, 3.05) is 13.2 Å². The van der Waals surface area contributed by atoms with Crippen LogP contribution in [-0.4, -0.2) is 89.2 Å². The lowest BCUT2D eigenvalue weighted by Gasteiger charge is -2.40. The number of carboxylic acid groups (broad SMARTS) is 1. The van der Waals surface area contributed by atoms with Crippen LogP contribution in [0.15, 0.2) is 72.9 Å². The lowest BCUT2D eigenvalue weighted by Crippen LogP contribution is -2.61. The Morgan fingerprint density at radius 1 is 0.430 bits per heavy atom. The van der Waals surface area contributed by atoms with Crippen LogP contribution in [0.5, 0.6) is 0 Å². The summed E-state index contributed by atoms with van der Waals surface area (Å²) in [6, 6.07) is 0. The van der Waals surface area contributed by atoms with Gasteiger partial charge in [-0.05, 0) is 83.5 Å². The second-order valence-electron chi connectivity index (χ2n) is 21.7. The number of aliphatic hydroxyl groups is 2. The van der Waals surface area contributed by atoms with Gasteiger partial charge in [0, 0.05) is 19.3 Å². The zero-order valence-electron chi connectivity index (χ0n) is 50.1. The number of carboxylic acids is 1. The highest BCUT2D eigenvalue weighted by molar-refractivity contribution is 5.74. The Morgan fingerprint density at radius 3 is 1.27 bits per heavy atom. The van der Waals surface area contributed by atoms with Crippen molar-refractivity contribution in [3.05, 3.63) is 72.9 Å². The molecule has 3 N–H and O–H groups in total. The molecule has 79 heavy (non-hydrogen) atoms. The van der Waals surface area contributed by atoms with Crippen LogP contribution in [-0.2, 0) is 42.9 Å². The Morgan fingerprint density at radius 2 is 0.823 bits per heavy atom. The van der Waals surface area contributed by atoms with E-state index in [9.17, 15) is 34.5 Å². The molecule has 0 aliphatic carbocycles. The van der Waals surface area contributed by atoms with E-state index in [1.165, 1.54) is 96.3 Å².